The fourth-order valence-electron chi connectivity index (χ4n) is 2.67. The Kier molecular flexibility index (Phi) is 6.58. The molecule has 0 saturated carbocycles. The average molecular weight is 328 g/mol. The molecule has 0 radical (unpaired) electrons. The zero-order valence-corrected chi connectivity index (χ0v) is 13.2. The summed E-state index contributed by atoms with van der Waals surface area (Å²) >= 11 is 0. The van der Waals surface area contributed by atoms with Crippen molar-refractivity contribution < 1.29 is 23.0 Å². The van der Waals surface area contributed by atoms with E-state index in [1.807, 2.05) is 0 Å². The zero-order chi connectivity index (χ0) is 16.7. The number of benzene rings is 1. The maximum absolute atomic E-state index is 12.6. The number of carbonyl (C=O) groups excluding carboxylic acids is 1. The van der Waals surface area contributed by atoms with E-state index in [1.54, 1.807) is 6.07 Å². The van der Waals surface area contributed by atoms with E-state index in [2.05, 4.69) is 15.0 Å². The molecule has 1 N–H and O–H groups in total. The van der Waals surface area contributed by atoms with Crippen LogP contribution in [0.5, 0.6) is 11.5 Å². The topological polar surface area (TPSA) is 50.8 Å². The lowest BCUT2D eigenvalue weighted by molar-refractivity contribution is -0.0515. The van der Waals surface area contributed by atoms with Gasteiger partial charge in [0.05, 0.1) is 12.7 Å². The zero-order valence-electron chi connectivity index (χ0n) is 13.2. The number of nitrogens with one attached hydrogen (secondary N) is 1. The highest BCUT2D eigenvalue weighted by Crippen LogP contribution is 2.32. The first-order valence-corrected chi connectivity index (χ1v) is 7.74. The van der Waals surface area contributed by atoms with E-state index in [-0.39, 0.29) is 17.1 Å². The van der Waals surface area contributed by atoms with Gasteiger partial charge in [0.25, 0.3) is 5.91 Å². The largest absolute Gasteiger partial charge is 0.493 e. The third-order valence-corrected chi connectivity index (χ3v) is 3.81. The van der Waals surface area contributed by atoms with E-state index in [4.69, 9.17) is 4.74 Å². The number of amides is 1. The van der Waals surface area contributed by atoms with Gasteiger partial charge in [0, 0.05) is 13.1 Å². The Hall–Kier alpha value is -1.89. The summed E-state index contributed by atoms with van der Waals surface area (Å²) in [5, 5.41) is 2.75. The molecule has 1 aromatic carbocycles. The van der Waals surface area contributed by atoms with Crippen LogP contribution in [-0.2, 0) is 0 Å². The summed E-state index contributed by atoms with van der Waals surface area (Å²) in [6.45, 7) is 0.264. The Morgan fingerprint density at radius 2 is 2.04 bits per heavy atom. The molecule has 2 rings (SSSR count). The van der Waals surface area contributed by atoms with Gasteiger partial charge in [0.15, 0.2) is 11.5 Å². The van der Waals surface area contributed by atoms with E-state index in [0.29, 0.717) is 6.54 Å². The van der Waals surface area contributed by atoms with Crippen LogP contribution >= 0.6 is 0 Å². The Bertz CT molecular complexity index is 520. The Balaban J connectivity index is 1.97. The normalized spacial score (nSPS) is 15.5. The molecule has 1 aliphatic rings. The first-order valence-electron chi connectivity index (χ1n) is 7.74. The fraction of sp³-hybridized carbons (Fsp3) is 0.562. The second kappa shape index (κ2) is 8.67. The van der Waals surface area contributed by atoms with E-state index in [1.165, 1.54) is 38.5 Å². The summed E-state index contributed by atoms with van der Waals surface area (Å²) in [4.78, 5) is 14.5. The summed E-state index contributed by atoms with van der Waals surface area (Å²) < 4.78 is 34.6. The highest BCUT2D eigenvalue weighted by atomic mass is 19.3. The van der Waals surface area contributed by atoms with E-state index >= 15 is 0 Å². The lowest BCUT2D eigenvalue weighted by Gasteiger charge is -2.26. The monoisotopic (exact) mass is 328 g/mol. The molecule has 1 fully saturated rings. The van der Waals surface area contributed by atoms with Crippen molar-refractivity contribution in [2.24, 2.45) is 0 Å². The number of nitrogens with zero attached hydrogens (tertiary/aromatic N) is 1. The van der Waals surface area contributed by atoms with Gasteiger partial charge in [0.1, 0.15) is 0 Å². The second-order valence-corrected chi connectivity index (χ2v) is 5.37. The molecular weight excluding hydrogens is 306 g/mol. The molecule has 1 heterocycles. The van der Waals surface area contributed by atoms with Crippen molar-refractivity contribution in [3.8, 4) is 11.5 Å². The predicted octanol–water partition coefficient (Wildman–Crippen LogP) is 2.51. The van der Waals surface area contributed by atoms with Gasteiger partial charge in [-0.05, 0) is 38.1 Å². The average Bonchev–Trinajstić information content (AvgIpc) is 2.55. The number of methoxy groups -OCH3 is 1. The summed E-state index contributed by atoms with van der Waals surface area (Å²) in [6.07, 6.45) is 3.60. The van der Waals surface area contributed by atoms with Crippen molar-refractivity contribution in [3.05, 3.63) is 23.8 Å². The molecule has 7 heteroatoms. The molecule has 128 valence electrons. The van der Waals surface area contributed by atoms with Crippen molar-refractivity contribution in [1.82, 2.24) is 10.2 Å². The predicted molar refractivity (Wildman–Crippen MR) is 82.3 cm³/mol. The van der Waals surface area contributed by atoms with Crippen molar-refractivity contribution >= 4 is 5.91 Å². The molecule has 1 aliphatic heterocycles. The van der Waals surface area contributed by atoms with Gasteiger partial charge in [-0.1, -0.05) is 12.5 Å². The van der Waals surface area contributed by atoms with Crippen LogP contribution in [0.3, 0.4) is 0 Å². The molecule has 1 saturated heterocycles. The number of halogens is 2. The number of hydrogen-bond donors (Lipinski definition) is 1. The highest BCUT2D eigenvalue weighted by Gasteiger charge is 2.20. The van der Waals surface area contributed by atoms with Crippen LogP contribution in [0.1, 0.15) is 29.6 Å². The lowest BCUT2D eigenvalue weighted by atomic mass is 10.1. The third kappa shape index (κ3) is 5.06. The molecule has 0 bridgehead atoms. The number of piperidine rings is 1. The number of alkyl halides is 2. The van der Waals surface area contributed by atoms with Crippen LogP contribution in [0.25, 0.3) is 0 Å². The standard InChI is InChI=1S/C16H22F2N2O3/c1-22-13-7-5-6-12(14(13)23-16(17)18)15(21)19-8-11-20-9-3-2-4-10-20/h5-7,16H,2-4,8-11H2,1H3,(H,19,21). The van der Waals surface area contributed by atoms with Gasteiger partial charge in [-0.2, -0.15) is 8.78 Å². The summed E-state index contributed by atoms with van der Waals surface area (Å²) in [5.74, 6) is -0.578. The summed E-state index contributed by atoms with van der Waals surface area (Å²) in [6, 6.07) is 4.48. The van der Waals surface area contributed by atoms with Crippen molar-refractivity contribution in [3.63, 3.8) is 0 Å². The highest BCUT2D eigenvalue weighted by molar-refractivity contribution is 5.97. The lowest BCUT2D eigenvalue weighted by Crippen LogP contribution is -2.37. The molecule has 0 aromatic heterocycles. The van der Waals surface area contributed by atoms with Gasteiger partial charge in [0.2, 0.25) is 0 Å². The smallest absolute Gasteiger partial charge is 0.387 e. The molecule has 0 aliphatic carbocycles. The van der Waals surface area contributed by atoms with Crippen LogP contribution in [0, 0.1) is 0 Å². The molecule has 1 aromatic rings. The molecule has 5 nitrogen and oxygen atoms in total. The van der Waals surface area contributed by atoms with Gasteiger partial charge < -0.3 is 19.7 Å². The first-order chi connectivity index (χ1) is 11.1. The number of likely N-dealkylation sites (tertiary alicyclic amines) is 1. The molecule has 0 atom stereocenters. The van der Waals surface area contributed by atoms with Gasteiger partial charge >= 0.3 is 6.61 Å². The quantitative estimate of drug-likeness (QED) is 0.836. The van der Waals surface area contributed by atoms with Crippen molar-refractivity contribution in [2.75, 3.05) is 33.3 Å². The Labute approximate surface area is 134 Å². The minimum Gasteiger partial charge on any atom is -0.493 e. The van der Waals surface area contributed by atoms with E-state index in [0.717, 1.165) is 19.6 Å². The van der Waals surface area contributed by atoms with Gasteiger partial charge in [-0.25, -0.2) is 0 Å². The number of hydrogen-bond acceptors (Lipinski definition) is 4. The van der Waals surface area contributed by atoms with Gasteiger partial charge in [-0.3, -0.25) is 4.79 Å². The van der Waals surface area contributed by atoms with Crippen LogP contribution in [0.4, 0.5) is 8.78 Å². The van der Waals surface area contributed by atoms with Crippen LogP contribution in [-0.4, -0.2) is 50.7 Å². The first kappa shape index (κ1) is 17.5. The molecule has 0 spiro atoms. The number of carbonyl (C=O) groups is 1. The van der Waals surface area contributed by atoms with Crippen LogP contribution in [0.15, 0.2) is 18.2 Å². The minimum atomic E-state index is -3.02. The van der Waals surface area contributed by atoms with Gasteiger partial charge in [-0.15, -0.1) is 0 Å². The van der Waals surface area contributed by atoms with Crippen LogP contribution in [0.2, 0.25) is 0 Å². The second-order valence-electron chi connectivity index (χ2n) is 5.37. The maximum Gasteiger partial charge on any atom is 0.387 e. The van der Waals surface area contributed by atoms with Crippen LogP contribution < -0.4 is 14.8 Å². The molecule has 23 heavy (non-hydrogen) atoms. The fourth-order valence-corrected chi connectivity index (χ4v) is 2.67. The minimum absolute atomic E-state index is 0.0447. The molecule has 0 unspecified atom stereocenters. The Morgan fingerprint density at radius 3 is 2.70 bits per heavy atom. The number of rotatable bonds is 7. The van der Waals surface area contributed by atoms with E-state index < -0.39 is 12.5 Å². The maximum atomic E-state index is 12.6. The van der Waals surface area contributed by atoms with E-state index in [9.17, 15) is 13.6 Å². The van der Waals surface area contributed by atoms with Crippen molar-refractivity contribution in [1.29, 1.82) is 0 Å². The SMILES string of the molecule is COc1cccc(C(=O)NCCN2CCCCC2)c1OC(F)F. The number of para-hydroxylation sites is 1. The number of ether oxygens (including phenoxy) is 2. The summed E-state index contributed by atoms with van der Waals surface area (Å²) in [5.41, 5.74) is 0.0447. The third-order valence-electron chi connectivity index (χ3n) is 3.81. The Morgan fingerprint density at radius 1 is 1.30 bits per heavy atom. The molecule has 1 amide bonds. The molecular formula is C16H22F2N2O3. The summed E-state index contributed by atoms with van der Waals surface area (Å²) in [7, 11) is 1.34. The van der Waals surface area contributed by atoms with Crippen molar-refractivity contribution in [2.45, 2.75) is 25.9 Å².